The summed E-state index contributed by atoms with van der Waals surface area (Å²) < 4.78 is 0. The summed E-state index contributed by atoms with van der Waals surface area (Å²) in [6.45, 7) is 1.52. The van der Waals surface area contributed by atoms with Gasteiger partial charge in [0.2, 0.25) is 0 Å². The van der Waals surface area contributed by atoms with Gasteiger partial charge in [0.15, 0.2) is 0 Å². The van der Waals surface area contributed by atoms with Gasteiger partial charge >= 0.3 is 0 Å². The van der Waals surface area contributed by atoms with Crippen molar-refractivity contribution in [3.05, 3.63) is 0 Å². The molecule has 4 heteroatoms. The van der Waals surface area contributed by atoms with Crippen LogP contribution in [-0.2, 0) is 0 Å². The van der Waals surface area contributed by atoms with Gasteiger partial charge < -0.3 is 20.2 Å². The van der Waals surface area contributed by atoms with E-state index in [9.17, 15) is 0 Å². The highest BCUT2D eigenvalue weighted by Crippen LogP contribution is 1.90. The summed E-state index contributed by atoms with van der Waals surface area (Å²) in [4.78, 5) is 1.93. The van der Waals surface area contributed by atoms with Crippen molar-refractivity contribution in [3.8, 4) is 0 Å². The lowest BCUT2D eigenvalue weighted by molar-refractivity contribution is 0.243. The van der Waals surface area contributed by atoms with Crippen LogP contribution in [-0.4, -0.2) is 60.7 Å². The van der Waals surface area contributed by atoms with Crippen LogP contribution in [0.25, 0.3) is 0 Å². The van der Waals surface area contributed by atoms with E-state index in [1.165, 1.54) is 0 Å². The van der Waals surface area contributed by atoms with Gasteiger partial charge in [-0.3, -0.25) is 0 Å². The Morgan fingerprint density at radius 3 is 1.38 bits per heavy atom. The normalized spacial score (nSPS) is 9.69. The average Bonchev–Trinajstić information content (AvgIpc) is 2.06. The molecule has 82 valence electrons. The quantitative estimate of drug-likeness (QED) is 0.506. The predicted molar refractivity (Wildman–Crippen MR) is 53.7 cm³/mol. The third kappa shape index (κ3) is 24.5. The lowest BCUT2D eigenvalue weighted by Crippen LogP contribution is -2.15. The Kier molecular flexibility index (Phi) is 16.9. The second-order valence-corrected chi connectivity index (χ2v) is 3.03. The van der Waals surface area contributed by atoms with Crippen molar-refractivity contribution in [2.45, 2.75) is 19.3 Å². The molecule has 3 N–H and O–H groups in total. The Morgan fingerprint density at radius 2 is 1.23 bits per heavy atom. The number of aliphatic hydroxyl groups is 3. The topological polar surface area (TPSA) is 63.9 Å². The van der Waals surface area contributed by atoms with Crippen LogP contribution >= 0.6 is 0 Å². The number of aliphatic hydroxyl groups excluding tert-OH is 3. The first kappa shape index (κ1) is 15.3. The van der Waals surface area contributed by atoms with Crippen LogP contribution in [0.1, 0.15) is 19.3 Å². The van der Waals surface area contributed by atoms with Crippen LogP contribution in [0, 0.1) is 0 Å². The summed E-state index contributed by atoms with van der Waals surface area (Å²) in [5.41, 5.74) is 0. The second-order valence-electron chi connectivity index (χ2n) is 3.03. The molecule has 0 aliphatic rings. The van der Waals surface area contributed by atoms with E-state index in [0.29, 0.717) is 0 Å². The minimum Gasteiger partial charge on any atom is -0.396 e. The van der Waals surface area contributed by atoms with Gasteiger partial charge in [-0.15, -0.1) is 0 Å². The highest BCUT2D eigenvalue weighted by molar-refractivity contribution is 4.35. The Balaban J connectivity index is 0. The molecule has 13 heavy (non-hydrogen) atoms. The van der Waals surface area contributed by atoms with Gasteiger partial charge in [-0.05, 0) is 33.4 Å². The third-order valence-electron chi connectivity index (χ3n) is 1.36. The smallest absolute Gasteiger partial charge is 0.0558 e. The molecule has 0 atom stereocenters. The fraction of sp³-hybridized carbons (Fsp3) is 1.00. The fourth-order valence-corrected chi connectivity index (χ4v) is 0.600. The van der Waals surface area contributed by atoms with Gasteiger partial charge in [0.25, 0.3) is 0 Å². The maximum atomic E-state index is 8.21. The van der Waals surface area contributed by atoms with E-state index in [4.69, 9.17) is 15.3 Å². The Morgan fingerprint density at radius 1 is 0.769 bits per heavy atom. The number of nitrogens with zero attached hydrogens (tertiary/aromatic N) is 1. The molecular formula is C9H23NO3. The van der Waals surface area contributed by atoms with Crippen molar-refractivity contribution in [1.82, 2.24) is 4.90 Å². The van der Waals surface area contributed by atoms with Gasteiger partial charge in [-0.2, -0.15) is 0 Å². The first-order valence-electron chi connectivity index (χ1n) is 4.66. The second kappa shape index (κ2) is 14.4. The van der Waals surface area contributed by atoms with E-state index < -0.39 is 0 Å². The standard InChI is InChI=1S/C5H12O2.C4H11NO/c6-4-2-1-3-5-7;1-5(2)3-4-6/h6-7H,1-5H2;6H,3-4H2,1-2H3. The highest BCUT2D eigenvalue weighted by Gasteiger charge is 1.81. The van der Waals surface area contributed by atoms with E-state index in [1.807, 2.05) is 19.0 Å². The molecule has 0 fully saturated rings. The zero-order valence-corrected chi connectivity index (χ0v) is 8.74. The van der Waals surface area contributed by atoms with Crippen molar-refractivity contribution in [2.75, 3.05) is 40.5 Å². The monoisotopic (exact) mass is 193 g/mol. The fourth-order valence-electron chi connectivity index (χ4n) is 0.600. The zero-order chi connectivity index (χ0) is 10.5. The molecule has 4 nitrogen and oxygen atoms in total. The summed E-state index contributed by atoms with van der Waals surface area (Å²) in [6, 6.07) is 0. The van der Waals surface area contributed by atoms with Gasteiger partial charge in [0, 0.05) is 19.8 Å². The van der Waals surface area contributed by atoms with Crippen LogP contribution in [0.2, 0.25) is 0 Å². The van der Waals surface area contributed by atoms with Crippen molar-refractivity contribution in [1.29, 1.82) is 0 Å². The highest BCUT2D eigenvalue weighted by atomic mass is 16.3. The van der Waals surface area contributed by atoms with E-state index in [2.05, 4.69) is 0 Å². The van der Waals surface area contributed by atoms with Crippen LogP contribution in [0.3, 0.4) is 0 Å². The predicted octanol–water partition coefficient (Wildman–Crippen LogP) is -0.318. The van der Waals surface area contributed by atoms with Crippen LogP contribution < -0.4 is 0 Å². The molecule has 0 saturated carbocycles. The molecule has 0 radical (unpaired) electrons. The SMILES string of the molecule is CN(C)CCO.OCCCCCO. The van der Waals surface area contributed by atoms with Crippen molar-refractivity contribution < 1.29 is 15.3 Å². The number of rotatable bonds is 6. The van der Waals surface area contributed by atoms with E-state index in [0.717, 1.165) is 25.8 Å². The van der Waals surface area contributed by atoms with Gasteiger partial charge in [-0.25, -0.2) is 0 Å². The van der Waals surface area contributed by atoms with Gasteiger partial charge in [0.05, 0.1) is 6.61 Å². The van der Waals surface area contributed by atoms with E-state index in [-0.39, 0.29) is 19.8 Å². The van der Waals surface area contributed by atoms with Crippen LogP contribution in [0.5, 0.6) is 0 Å². The van der Waals surface area contributed by atoms with E-state index >= 15 is 0 Å². The van der Waals surface area contributed by atoms with Crippen molar-refractivity contribution in [3.63, 3.8) is 0 Å². The maximum absolute atomic E-state index is 8.21. The largest absolute Gasteiger partial charge is 0.396 e. The Hall–Kier alpha value is -0.160. The lowest BCUT2D eigenvalue weighted by Gasteiger charge is -2.03. The van der Waals surface area contributed by atoms with Crippen LogP contribution in [0.4, 0.5) is 0 Å². The van der Waals surface area contributed by atoms with Gasteiger partial charge in [0.1, 0.15) is 0 Å². The molecule has 0 rings (SSSR count). The molecule has 0 bridgehead atoms. The minimum absolute atomic E-state index is 0.250. The third-order valence-corrected chi connectivity index (χ3v) is 1.36. The molecule has 0 aromatic carbocycles. The molecule has 0 saturated heterocycles. The number of unbranched alkanes of at least 4 members (excludes halogenated alkanes) is 2. The molecule has 0 aromatic heterocycles. The Labute approximate surface area is 80.8 Å². The summed E-state index contributed by atoms with van der Waals surface area (Å²) in [7, 11) is 3.85. The summed E-state index contributed by atoms with van der Waals surface area (Å²) in [5.74, 6) is 0. The van der Waals surface area contributed by atoms with Crippen molar-refractivity contribution in [2.24, 2.45) is 0 Å². The molecular weight excluding hydrogens is 170 g/mol. The molecule has 0 spiro atoms. The number of likely N-dealkylation sites (N-methyl/N-ethyl adjacent to an activating group) is 1. The van der Waals surface area contributed by atoms with Crippen molar-refractivity contribution >= 4 is 0 Å². The molecule has 0 aliphatic carbocycles. The zero-order valence-electron chi connectivity index (χ0n) is 8.74. The molecule has 0 unspecified atom stereocenters. The first-order chi connectivity index (χ1) is 6.18. The number of hydrogen-bond donors (Lipinski definition) is 3. The molecule has 0 aromatic rings. The maximum Gasteiger partial charge on any atom is 0.0558 e. The van der Waals surface area contributed by atoms with E-state index in [1.54, 1.807) is 0 Å². The molecule has 0 heterocycles. The van der Waals surface area contributed by atoms with Gasteiger partial charge in [-0.1, -0.05) is 0 Å². The summed E-state index contributed by atoms with van der Waals surface area (Å²) in [5, 5.41) is 24.6. The first-order valence-corrected chi connectivity index (χ1v) is 4.66. The molecule has 0 amide bonds. The number of hydrogen-bond acceptors (Lipinski definition) is 4. The lowest BCUT2D eigenvalue weighted by atomic mass is 10.2. The summed E-state index contributed by atoms with van der Waals surface area (Å²) in [6.07, 6.45) is 2.58. The summed E-state index contributed by atoms with van der Waals surface area (Å²) >= 11 is 0. The van der Waals surface area contributed by atoms with Crippen LogP contribution in [0.15, 0.2) is 0 Å². The minimum atomic E-state index is 0.250. The average molecular weight is 193 g/mol. The molecule has 0 aliphatic heterocycles. The Bertz CT molecular complexity index is 75.3.